The number of alkyl halides is 3. The molecule has 104 valence electrons. The van der Waals surface area contributed by atoms with Gasteiger partial charge in [0.1, 0.15) is 0 Å². The number of carbonyl (C=O) groups is 1. The van der Waals surface area contributed by atoms with Crippen molar-refractivity contribution in [2.24, 2.45) is 0 Å². The molecule has 1 aromatic carbocycles. The first-order valence-corrected chi connectivity index (χ1v) is 5.78. The molecule has 1 aliphatic rings. The summed E-state index contributed by atoms with van der Waals surface area (Å²) in [6.45, 7) is 0.917. The Balaban J connectivity index is 2.09. The fraction of sp³-hybridized carbons (Fsp3) is 0.417. The molecule has 2 N–H and O–H groups in total. The van der Waals surface area contributed by atoms with E-state index in [1.165, 1.54) is 6.07 Å². The molecule has 0 bridgehead atoms. The molecule has 1 unspecified atom stereocenters. The van der Waals surface area contributed by atoms with Crippen molar-refractivity contribution in [3.8, 4) is 0 Å². The molecule has 19 heavy (non-hydrogen) atoms. The smallest absolute Gasteiger partial charge is 0.416 e. The Morgan fingerprint density at radius 2 is 2.16 bits per heavy atom. The van der Waals surface area contributed by atoms with Gasteiger partial charge in [0, 0.05) is 18.8 Å². The first-order valence-electron chi connectivity index (χ1n) is 5.78. The summed E-state index contributed by atoms with van der Waals surface area (Å²) in [5.74, 6) is 0. The van der Waals surface area contributed by atoms with Crippen LogP contribution >= 0.6 is 0 Å². The van der Waals surface area contributed by atoms with Crippen molar-refractivity contribution in [2.45, 2.75) is 18.6 Å². The van der Waals surface area contributed by atoms with Gasteiger partial charge in [0.25, 0.3) is 0 Å². The lowest BCUT2D eigenvalue weighted by Crippen LogP contribution is -2.36. The number of benzene rings is 1. The summed E-state index contributed by atoms with van der Waals surface area (Å²) in [6, 6.07) is 4.82. The van der Waals surface area contributed by atoms with Gasteiger partial charge in [-0.15, -0.1) is 0 Å². The van der Waals surface area contributed by atoms with E-state index in [4.69, 9.17) is 5.11 Å². The summed E-state index contributed by atoms with van der Waals surface area (Å²) in [6.07, 6.45) is -4.90. The third kappa shape index (κ3) is 3.30. The van der Waals surface area contributed by atoms with E-state index in [-0.39, 0.29) is 6.04 Å². The highest BCUT2D eigenvalue weighted by Gasteiger charge is 2.31. The number of hydrogen-bond donors (Lipinski definition) is 2. The maximum Gasteiger partial charge on any atom is 0.416 e. The largest absolute Gasteiger partial charge is 0.465 e. The predicted octanol–water partition coefficient (Wildman–Crippen LogP) is 2.55. The maximum atomic E-state index is 12.6. The van der Waals surface area contributed by atoms with Crippen LogP contribution in [0.25, 0.3) is 0 Å². The topological polar surface area (TPSA) is 52.6 Å². The summed E-state index contributed by atoms with van der Waals surface area (Å²) in [4.78, 5) is 12.3. The standard InChI is InChI=1S/C12H13F3N2O2/c13-12(14,15)8-2-1-3-10(6-8)17-5-4-9(7-17)16-11(18)19/h1-3,6,9,16H,4-5,7H2,(H,18,19). The van der Waals surface area contributed by atoms with Gasteiger partial charge in [0.2, 0.25) is 0 Å². The third-order valence-electron chi connectivity index (χ3n) is 3.05. The van der Waals surface area contributed by atoms with Crippen molar-refractivity contribution in [1.29, 1.82) is 0 Å². The Bertz CT molecular complexity index is 476. The van der Waals surface area contributed by atoms with Crippen LogP contribution in [0, 0.1) is 0 Å². The van der Waals surface area contributed by atoms with Gasteiger partial charge in [0.15, 0.2) is 0 Å². The van der Waals surface area contributed by atoms with Gasteiger partial charge in [-0.05, 0) is 24.6 Å². The zero-order valence-corrected chi connectivity index (χ0v) is 9.94. The zero-order valence-electron chi connectivity index (χ0n) is 9.94. The molecule has 0 saturated carbocycles. The summed E-state index contributed by atoms with van der Waals surface area (Å²) in [7, 11) is 0. The second kappa shape index (κ2) is 4.99. The number of anilines is 1. The number of carboxylic acid groups (broad SMARTS) is 1. The number of nitrogens with one attached hydrogen (secondary N) is 1. The fourth-order valence-electron chi connectivity index (χ4n) is 2.17. The highest BCUT2D eigenvalue weighted by molar-refractivity contribution is 5.65. The quantitative estimate of drug-likeness (QED) is 0.871. The molecule has 4 nitrogen and oxygen atoms in total. The lowest BCUT2D eigenvalue weighted by Gasteiger charge is -2.20. The van der Waals surface area contributed by atoms with Crippen LogP contribution in [0.15, 0.2) is 24.3 Å². The molecule has 0 spiro atoms. The minimum atomic E-state index is -4.37. The van der Waals surface area contributed by atoms with E-state index in [1.807, 2.05) is 0 Å². The van der Waals surface area contributed by atoms with Crippen LogP contribution < -0.4 is 10.2 Å². The Morgan fingerprint density at radius 3 is 2.79 bits per heavy atom. The van der Waals surface area contributed by atoms with E-state index in [0.717, 1.165) is 12.1 Å². The van der Waals surface area contributed by atoms with Crippen molar-refractivity contribution in [2.75, 3.05) is 18.0 Å². The number of nitrogens with zero attached hydrogens (tertiary/aromatic N) is 1. The Labute approximate surface area is 107 Å². The average Bonchev–Trinajstić information content (AvgIpc) is 2.76. The molecule has 1 aromatic rings. The molecule has 1 atom stereocenters. The van der Waals surface area contributed by atoms with Gasteiger partial charge in [-0.2, -0.15) is 13.2 Å². The minimum Gasteiger partial charge on any atom is -0.465 e. The SMILES string of the molecule is O=C(O)NC1CCN(c2cccc(C(F)(F)F)c2)C1. The molecule has 1 aliphatic heterocycles. The van der Waals surface area contributed by atoms with Crippen molar-refractivity contribution >= 4 is 11.8 Å². The zero-order chi connectivity index (χ0) is 14.0. The predicted molar refractivity (Wildman–Crippen MR) is 63.2 cm³/mol. The molecule has 1 fully saturated rings. The van der Waals surface area contributed by atoms with E-state index < -0.39 is 17.8 Å². The Morgan fingerprint density at radius 1 is 1.42 bits per heavy atom. The molecule has 0 radical (unpaired) electrons. The van der Waals surface area contributed by atoms with E-state index >= 15 is 0 Å². The Kier molecular flexibility index (Phi) is 3.55. The summed E-state index contributed by atoms with van der Waals surface area (Å²) < 4.78 is 37.8. The third-order valence-corrected chi connectivity index (χ3v) is 3.05. The van der Waals surface area contributed by atoms with Crippen molar-refractivity contribution in [3.05, 3.63) is 29.8 Å². The van der Waals surface area contributed by atoms with Crippen LogP contribution in [-0.4, -0.2) is 30.3 Å². The maximum absolute atomic E-state index is 12.6. The van der Waals surface area contributed by atoms with Gasteiger partial charge >= 0.3 is 12.3 Å². The summed E-state index contributed by atoms with van der Waals surface area (Å²) in [5, 5.41) is 10.9. The number of hydrogen-bond acceptors (Lipinski definition) is 2. The lowest BCUT2D eigenvalue weighted by atomic mass is 10.2. The number of amides is 1. The van der Waals surface area contributed by atoms with Gasteiger partial charge in [-0.25, -0.2) is 4.79 Å². The highest BCUT2D eigenvalue weighted by Crippen LogP contribution is 2.32. The lowest BCUT2D eigenvalue weighted by molar-refractivity contribution is -0.137. The summed E-state index contributed by atoms with van der Waals surface area (Å²) >= 11 is 0. The van der Waals surface area contributed by atoms with Crippen LogP contribution in [-0.2, 0) is 6.18 Å². The first kappa shape index (κ1) is 13.5. The number of halogens is 3. The molecule has 0 aliphatic carbocycles. The number of rotatable bonds is 2. The average molecular weight is 274 g/mol. The molecule has 7 heteroatoms. The van der Waals surface area contributed by atoms with Crippen molar-refractivity contribution in [3.63, 3.8) is 0 Å². The minimum absolute atomic E-state index is 0.243. The highest BCUT2D eigenvalue weighted by atomic mass is 19.4. The molecule has 2 rings (SSSR count). The van der Waals surface area contributed by atoms with Crippen LogP contribution in [0.4, 0.5) is 23.7 Å². The second-order valence-electron chi connectivity index (χ2n) is 4.43. The van der Waals surface area contributed by atoms with Gasteiger partial charge in [0.05, 0.1) is 11.6 Å². The second-order valence-corrected chi connectivity index (χ2v) is 4.43. The van der Waals surface area contributed by atoms with Gasteiger partial charge in [-0.1, -0.05) is 6.07 Å². The normalized spacial score (nSPS) is 19.5. The van der Waals surface area contributed by atoms with Gasteiger partial charge < -0.3 is 15.3 Å². The monoisotopic (exact) mass is 274 g/mol. The van der Waals surface area contributed by atoms with E-state index in [0.29, 0.717) is 25.2 Å². The Hall–Kier alpha value is -1.92. The van der Waals surface area contributed by atoms with E-state index in [2.05, 4.69) is 5.32 Å². The first-order chi connectivity index (χ1) is 8.86. The summed E-state index contributed by atoms with van der Waals surface area (Å²) in [5.41, 5.74) is -0.232. The van der Waals surface area contributed by atoms with Crippen molar-refractivity contribution < 1.29 is 23.1 Å². The van der Waals surface area contributed by atoms with Crippen LogP contribution in [0.3, 0.4) is 0 Å². The molecule has 1 heterocycles. The molecule has 1 amide bonds. The van der Waals surface area contributed by atoms with Crippen LogP contribution in [0.2, 0.25) is 0 Å². The fourth-order valence-corrected chi connectivity index (χ4v) is 2.17. The van der Waals surface area contributed by atoms with E-state index in [9.17, 15) is 18.0 Å². The van der Waals surface area contributed by atoms with Crippen LogP contribution in [0.5, 0.6) is 0 Å². The molecule has 1 saturated heterocycles. The van der Waals surface area contributed by atoms with Crippen molar-refractivity contribution in [1.82, 2.24) is 5.32 Å². The van der Waals surface area contributed by atoms with Crippen LogP contribution in [0.1, 0.15) is 12.0 Å². The molecular formula is C12H13F3N2O2. The van der Waals surface area contributed by atoms with Gasteiger partial charge in [-0.3, -0.25) is 0 Å². The molecular weight excluding hydrogens is 261 g/mol. The molecule has 0 aromatic heterocycles. The van der Waals surface area contributed by atoms with E-state index in [1.54, 1.807) is 11.0 Å².